The van der Waals surface area contributed by atoms with E-state index in [1.807, 2.05) is 6.07 Å². The third-order valence-electron chi connectivity index (χ3n) is 2.70. The van der Waals surface area contributed by atoms with E-state index >= 15 is 0 Å². The molecule has 0 saturated heterocycles. The van der Waals surface area contributed by atoms with Gasteiger partial charge in [0.25, 0.3) is 5.91 Å². The fourth-order valence-electron chi connectivity index (χ4n) is 1.67. The Bertz CT molecular complexity index is 568. The number of hydrogen-bond acceptors (Lipinski definition) is 3. The minimum atomic E-state index is -1.70. The van der Waals surface area contributed by atoms with Gasteiger partial charge in [-0.15, -0.1) is 0 Å². The molecule has 1 aromatic heterocycles. The molecule has 2 rings (SSSR count). The van der Waals surface area contributed by atoms with Gasteiger partial charge in [-0.25, -0.2) is 0 Å². The van der Waals surface area contributed by atoms with Crippen LogP contribution in [0.15, 0.2) is 53.1 Å². The van der Waals surface area contributed by atoms with Gasteiger partial charge in [0.1, 0.15) is 11.9 Å². The predicted octanol–water partition coefficient (Wildman–Crippen LogP) is 3.50. The third-order valence-corrected chi connectivity index (χ3v) is 3.35. The van der Waals surface area contributed by atoms with E-state index in [1.54, 1.807) is 42.7 Å². The molecule has 0 saturated carbocycles. The first kappa shape index (κ1) is 16.2. The molecule has 1 amide bonds. The summed E-state index contributed by atoms with van der Waals surface area (Å²) >= 11 is 17.7. The summed E-state index contributed by atoms with van der Waals surface area (Å²) in [6.07, 6.45) is 0.685. The second-order valence-electron chi connectivity index (χ2n) is 4.27. The maximum Gasteiger partial charge on any atom is 0.252 e. The highest BCUT2D eigenvalue weighted by atomic mass is 35.6. The molecule has 0 unspecified atom stereocenters. The van der Waals surface area contributed by atoms with Gasteiger partial charge < -0.3 is 9.73 Å². The topological polar surface area (TPSA) is 54.3 Å². The monoisotopic (exact) mass is 346 g/mol. The van der Waals surface area contributed by atoms with Crippen LogP contribution < -0.4 is 10.6 Å². The summed E-state index contributed by atoms with van der Waals surface area (Å²) in [7, 11) is 0. The maximum atomic E-state index is 12.1. The summed E-state index contributed by atoms with van der Waals surface area (Å²) in [6, 6.07) is 12.2. The first-order valence-electron chi connectivity index (χ1n) is 6.15. The smallest absolute Gasteiger partial charge is 0.252 e. The average molecular weight is 348 g/mol. The number of rotatable bonds is 5. The van der Waals surface area contributed by atoms with E-state index in [0.717, 1.165) is 0 Å². The first-order valence-corrected chi connectivity index (χ1v) is 7.28. The van der Waals surface area contributed by atoms with Crippen LogP contribution >= 0.6 is 34.8 Å². The molecule has 0 bridgehead atoms. The lowest BCUT2D eigenvalue weighted by molar-refractivity contribution is 0.0928. The van der Waals surface area contributed by atoms with Crippen molar-refractivity contribution in [3.8, 4) is 0 Å². The van der Waals surface area contributed by atoms with Crippen LogP contribution in [0.4, 0.5) is 0 Å². The highest BCUT2D eigenvalue weighted by Gasteiger charge is 2.33. The molecule has 21 heavy (non-hydrogen) atoms. The molecule has 2 N–H and O–H groups in total. The van der Waals surface area contributed by atoms with Gasteiger partial charge in [0, 0.05) is 5.56 Å². The Kier molecular flexibility index (Phi) is 5.53. The van der Waals surface area contributed by atoms with Gasteiger partial charge in [-0.05, 0) is 24.3 Å². The van der Waals surface area contributed by atoms with Crippen LogP contribution in [-0.4, -0.2) is 15.9 Å². The fourth-order valence-corrected chi connectivity index (χ4v) is 2.06. The number of furan rings is 1. The molecule has 0 aliphatic heterocycles. The van der Waals surface area contributed by atoms with E-state index in [2.05, 4.69) is 10.6 Å². The van der Waals surface area contributed by atoms with Gasteiger partial charge in [0.15, 0.2) is 0 Å². The van der Waals surface area contributed by atoms with Gasteiger partial charge in [-0.2, -0.15) is 0 Å². The van der Waals surface area contributed by atoms with E-state index in [-0.39, 0.29) is 5.91 Å². The molecular formula is C14H13Cl3N2O2. The SMILES string of the molecule is O=C(N[C@@H](NCc1ccco1)C(Cl)(Cl)Cl)c1ccccc1. The van der Waals surface area contributed by atoms with Gasteiger partial charge in [-0.1, -0.05) is 53.0 Å². The lowest BCUT2D eigenvalue weighted by atomic mass is 10.2. The molecule has 7 heteroatoms. The maximum absolute atomic E-state index is 12.1. The van der Waals surface area contributed by atoms with E-state index in [4.69, 9.17) is 39.2 Å². The lowest BCUT2D eigenvalue weighted by Crippen LogP contribution is -2.53. The number of amides is 1. The van der Waals surface area contributed by atoms with Crippen molar-refractivity contribution in [1.82, 2.24) is 10.6 Å². The van der Waals surface area contributed by atoms with Crippen LogP contribution in [0.5, 0.6) is 0 Å². The van der Waals surface area contributed by atoms with Crippen molar-refractivity contribution >= 4 is 40.7 Å². The molecule has 112 valence electrons. The van der Waals surface area contributed by atoms with Crippen LogP contribution in [0.3, 0.4) is 0 Å². The lowest BCUT2D eigenvalue weighted by Gasteiger charge is -2.26. The first-order chi connectivity index (χ1) is 9.97. The number of carbonyl (C=O) groups is 1. The summed E-state index contributed by atoms with van der Waals surface area (Å²) < 4.78 is 3.48. The molecule has 4 nitrogen and oxygen atoms in total. The highest BCUT2D eigenvalue weighted by molar-refractivity contribution is 6.68. The molecule has 1 aromatic carbocycles. The molecule has 0 aliphatic rings. The summed E-state index contributed by atoms with van der Waals surface area (Å²) in [5, 5.41) is 5.59. The second kappa shape index (κ2) is 7.18. The van der Waals surface area contributed by atoms with Crippen LogP contribution in [-0.2, 0) is 6.54 Å². The fraction of sp³-hybridized carbons (Fsp3) is 0.214. The van der Waals surface area contributed by atoms with Gasteiger partial charge in [-0.3, -0.25) is 10.1 Å². The Balaban J connectivity index is 2.01. The number of carbonyl (C=O) groups excluding carboxylic acids is 1. The van der Waals surface area contributed by atoms with Crippen molar-refractivity contribution < 1.29 is 9.21 Å². The Hall–Kier alpha value is -1.20. The molecule has 0 radical (unpaired) electrons. The van der Waals surface area contributed by atoms with Crippen molar-refractivity contribution in [2.45, 2.75) is 16.5 Å². The van der Waals surface area contributed by atoms with Crippen LogP contribution in [0.1, 0.15) is 16.1 Å². The van der Waals surface area contributed by atoms with Crippen LogP contribution in [0.25, 0.3) is 0 Å². The van der Waals surface area contributed by atoms with Crippen LogP contribution in [0, 0.1) is 0 Å². The molecular weight excluding hydrogens is 335 g/mol. The minimum Gasteiger partial charge on any atom is -0.468 e. The molecule has 2 aromatic rings. The normalized spacial score (nSPS) is 12.9. The summed E-state index contributed by atoms with van der Waals surface area (Å²) in [6.45, 7) is 0.320. The number of alkyl halides is 3. The van der Waals surface area contributed by atoms with Crippen molar-refractivity contribution in [3.05, 3.63) is 60.1 Å². The number of nitrogens with one attached hydrogen (secondary N) is 2. The average Bonchev–Trinajstić information content (AvgIpc) is 2.96. The zero-order valence-corrected chi connectivity index (χ0v) is 13.1. The molecule has 0 spiro atoms. The summed E-state index contributed by atoms with van der Waals surface area (Å²) in [5.74, 6) is 0.335. The van der Waals surface area contributed by atoms with Crippen molar-refractivity contribution in [3.63, 3.8) is 0 Å². The van der Waals surface area contributed by atoms with E-state index in [1.165, 1.54) is 0 Å². The highest BCUT2D eigenvalue weighted by Crippen LogP contribution is 2.29. The van der Waals surface area contributed by atoms with Gasteiger partial charge >= 0.3 is 0 Å². The quantitative estimate of drug-likeness (QED) is 0.643. The van der Waals surface area contributed by atoms with Gasteiger partial charge in [0.2, 0.25) is 3.79 Å². The molecule has 0 fully saturated rings. The summed E-state index contributed by atoms with van der Waals surface area (Å²) in [4.78, 5) is 12.1. The number of hydrogen-bond donors (Lipinski definition) is 2. The Morgan fingerprint density at radius 2 is 1.86 bits per heavy atom. The molecule has 1 atom stereocenters. The Labute approximate surface area is 137 Å². The minimum absolute atomic E-state index is 0.320. The van der Waals surface area contributed by atoms with Crippen LogP contribution in [0.2, 0.25) is 0 Å². The van der Waals surface area contributed by atoms with E-state index in [0.29, 0.717) is 17.9 Å². The zero-order chi connectivity index (χ0) is 15.3. The number of halogens is 3. The third kappa shape index (κ3) is 4.93. The largest absolute Gasteiger partial charge is 0.468 e. The molecule has 0 aliphatic carbocycles. The van der Waals surface area contributed by atoms with Crippen molar-refractivity contribution in [1.29, 1.82) is 0 Å². The number of benzene rings is 1. The Morgan fingerprint density at radius 1 is 1.14 bits per heavy atom. The second-order valence-corrected chi connectivity index (χ2v) is 6.64. The zero-order valence-electron chi connectivity index (χ0n) is 10.9. The van der Waals surface area contributed by atoms with Gasteiger partial charge in [0.05, 0.1) is 12.8 Å². The summed E-state index contributed by atoms with van der Waals surface area (Å²) in [5.41, 5.74) is 0.483. The predicted molar refractivity (Wildman–Crippen MR) is 83.5 cm³/mol. The van der Waals surface area contributed by atoms with Crippen molar-refractivity contribution in [2.75, 3.05) is 0 Å². The molecule has 1 heterocycles. The van der Waals surface area contributed by atoms with E-state index in [9.17, 15) is 4.79 Å². The standard InChI is InChI=1S/C14H13Cl3N2O2/c15-14(16,17)13(18-9-11-7-4-8-21-11)19-12(20)10-5-2-1-3-6-10/h1-8,13,18H,9H2,(H,19,20)/t13-/m1/s1. The van der Waals surface area contributed by atoms with Crippen molar-refractivity contribution in [2.24, 2.45) is 0 Å². The Morgan fingerprint density at radius 3 is 2.43 bits per heavy atom. The van der Waals surface area contributed by atoms with E-state index < -0.39 is 9.96 Å².